The number of hydrogen-bond acceptors (Lipinski definition) is 17. The van der Waals surface area contributed by atoms with Gasteiger partial charge in [-0.05, 0) is 167 Å². The van der Waals surface area contributed by atoms with Gasteiger partial charge in [-0.15, -0.1) is 0 Å². The highest BCUT2D eigenvalue weighted by molar-refractivity contribution is 7.86. The summed E-state index contributed by atoms with van der Waals surface area (Å²) in [5, 5.41) is 21.4. The molecule has 3 aromatic heterocycles. The van der Waals surface area contributed by atoms with Crippen molar-refractivity contribution in [1.82, 2.24) is 15.0 Å². The second kappa shape index (κ2) is 33.8. The van der Waals surface area contributed by atoms with Gasteiger partial charge in [-0.2, -0.15) is 8.42 Å². The summed E-state index contributed by atoms with van der Waals surface area (Å²) in [6.07, 6.45) is 2.45. The molecule has 2 aliphatic heterocycles. The molecule has 17 nitrogen and oxygen atoms in total. The summed E-state index contributed by atoms with van der Waals surface area (Å²) < 4.78 is 96.7. The van der Waals surface area contributed by atoms with Gasteiger partial charge in [0, 0.05) is 84.3 Å². The van der Waals surface area contributed by atoms with Gasteiger partial charge in [-0.1, -0.05) is 72.3 Å². The van der Waals surface area contributed by atoms with Crippen LogP contribution in [0.1, 0.15) is 44.1 Å². The van der Waals surface area contributed by atoms with Crippen LogP contribution in [0.15, 0.2) is 193 Å². The first-order valence-corrected chi connectivity index (χ1v) is 33.0. The van der Waals surface area contributed by atoms with Crippen molar-refractivity contribution in [1.29, 1.82) is 0 Å². The molecule has 10 aromatic rings. The lowest BCUT2D eigenvalue weighted by Crippen LogP contribution is -2.35. The second-order valence-electron chi connectivity index (χ2n) is 22.7. The number of aryl methyl sites for hydroxylation is 1. The molecule has 12 rings (SSSR count). The molecule has 20 heteroatoms. The van der Waals surface area contributed by atoms with Crippen molar-refractivity contribution in [3.8, 4) is 51.0 Å². The van der Waals surface area contributed by atoms with Crippen LogP contribution in [-0.4, -0.2) is 134 Å². The normalized spacial score (nSPS) is 15.7. The number of anilines is 3. The fraction of sp³-hybridized carbons (Fsp3) is 0.311. The maximum absolute atomic E-state index is 13.3. The molecule has 0 aliphatic carbocycles. The molecule has 0 amide bonds. The standard InChI is InChI=1S/C31H34N2O6S.C24H27FN2O3.C19H19FN2O2/c1-22-6-14-28(15-7-22)40(34,35)38-21-27(39-31-5-3-4-18-36-31)20-37-26-13-17-30-24(19-26)10-16-29(33-30)23-8-11-25(32-2)12-9-23;1-26-19-8-5-17(6-9-19)22-11-7-18-14-20(10-12-23(18)27-22)29-16-21(15-25)30-24-4-2-3-13-28-24;1-21-15-5-2-13(3-6-15)18-8-4-14-10-17(7-9-19(14)22-18)24-12-16(23)11-20/h6-17,19,27,31-32H,3-5,18,20-21H2,1-2H3;5-12,14,21,24,26H,2-4,13,15-16H2,1H3;2-10,16,21,23H,11-12H2,1H3/i;25-1;20-1. The SMILES string of the molecule is CNc1ccc(-c2ccc3cc(OCC(COS(=O)(=O)c4ccc(C)cc4)OC4CCCCO4)ccc3n2)cc1.CNc1ccc(-c2ccc3cc(OCC(C[18F])OC4CCCCO4)ccc3n2)cc1.CNc1ccc(-c2ccc3cc(OCC(O)C[18F])ccc3n2)cc1. The van der Waals surface area contributed by atoms with Crippen molar-refractivity contribution in [3.63, 3.8) is 0 Å². The Morgan fingerprint density at radius 2 is 0.872 bits per heavy atom. The van der Waals surface area contributed by atoms with Crippen molar-refractivity contribution >= 4 is 59.9 Å². The number of rotatable bonds is 25. The molecular formula is C74H80F2N6O11S. The van der Waals surface area contributed by atoms with Gasteiger partial charge in [0.2, 0.25) is 0 Å². The summed E-state index contributed by atoms with van der Waals surface area (Å²) in [6, 6.07) is 59.6. The maximum Gasteiger partial charge on any atom is 0.297 e. The number of halogens is 2. The molecule has 492 valence electrons. The third-order valence-electron chi connectivity index (χ3n) is 15.7. The summed E-state index contributed by atoms with van der Waals surface area (Å²) in [7, 11) is 1.73. The zero-order valence-electron chi connectivity index (χ0n) is 53.2. The summed E-state index contributed by atoms with van der Waals surface area (Å²) in [5.41, 5.74) is 12.5. The lowest BCUT2D eigenvalue weighted by Gasteiger charge is -2.27. The Morgan fingerprint density at radius 3 is 1.24 bits per heavy atom. The molecule has 5 atom stereocenters. The molecule has 0 bridgehead atoms. The topological polar surface area (TPSA) is 203 Å². The summed E-state index contributed by atoms with van der Waals surface area (Å²) >= 11 is 0. The van der Waals surface area contributed by atoms with E-state index in [0.717, 1.165) is 128 Å². The van der Waals surface area contributed by atoms with Crippen LogP contribution in [0.4, 0.5) is 25.8 Å². The number of alkyl halides is 2. The van der Waals surface area contributed by atoms with E-state index in [1.165, 1.54) is 12.1 Å². The number of fused-ring (bicyclic) bond motifs is 3. The first-order valence-electron chi connectivity index (χ1n) is 31.6. The fourth-order valence-corrected chi connectivity index (χ4v) is 11.3. The van der Waals surface area contributed by atoms with E-state index in [9.17, 15) is 22.3 Å². The fourth-order valence-electron chi connectivity index (χ4n) is 10.4. The van der Waals surface area contributed by atoms with Crippen molar-refractivity contribution in [3.05, 3.63) is 194 Å². The van der Waals surface area contributed by atoms with Crippen LogP contribution in [0.25, 0.3) is 66.5 Å². The molecule has 0 saturated carbocycles. The lowest BCUT2D eigenvalue weighted by atomic mass is 10.1. The number of benzene rings is 7. The Kier molecular flexibility index (Phi) is 24.5. The molecule has 2 fully saturated rings. The minimum atomic E-state index is -3.94. The van der Waals surface area contributed by atoms with E-state index >= 15 is 0 Å². The number of hydrogen-bond donors (Lipinski definition) is 4. The third kappa shape index (κ3) is 19.4. The molecule has 0 spiro atoms. The smallest absolute Gasteiger partial charge is 0.297 e. The Balaban J connectivity index is 0.000000159. The number of ether oxygens (including phenoxy) is 7. The van der Waals surface area contributed by atoms with Crippen molar-refractivity contribution in [2.24, 2.45) is 0 Å². The van der Waals surface area contributed by atoms with E-state index < -0.39 is 48.1 Å². The average molecular weight is 1300 g/mol. The molecule has 7 aromatic carbocycles. The highest BCUT2D eigenvalue weighted by atomic mass is 32.2. The van der Waals surface area contributed by atoms with Crippen molar-refractivity contribution in [2.45, 2.75) is 81.2 Å². The Labute approximate surface area is 547 Å². The molecular weight excluding hydrogens is 1220 g/mol. The van der Waals surface area contributed by atoms with E-state index in [1.807, 2.05) is 186 Å². The van der Waals surface area contributed by atoms with Gasteiger partial charge >= 0.3 is 0 Å². The predicted octanol–water partition coefficient (Wildman–Crippen LogP) is 14.8. The number of aliphatic hydroxyl groups excluding tert-OH is 1. The van der Waals surface area contributed by atoms with E-state index in [1.54, 1.807) is 18.2 Å². The van der Waals surface area contributed by atoms with Crippen LogP contribution in [0, 0.1) is 6.92 Å². The van der Waals surface area contributed by atoms with E-state index in [0.29, 0.717) is 30.5 Å². The van der Waals surface area contributed by atoms with Crippen molar-refractivity contribution < 1.29 is 59.6 Å². The molecule has 5 heterocycles. The molecule has 94 heavy (non-hydrogen) atoms. The van der Waals surface area contributed by atoms with Gasteiger partial charge in [0.05, 0.1) is 45.1 Å². The van der Waals surface area contributed by atoms with Gasteiger partial charge in [-0.3, -0.25) is 4.18 Å². The predicted molar refractivity (Wildman–Crippen MR) is 366 cm³/mol. The van der Waals surface area contributed by atoms with E-state index in [-0.39, 0.29) is 37.6 Å². The molecule has 4 N–H and O–H groups in total. The van der Waals surface area contributed by atoms with Crippen LogP contribution in [0.5, 0.6) is 17.2 Å². The molecule has 2 aliphatic rings. The second-order valence-corrected chi connectivity index (χ2v) is 24.3. The van der Waals surface area contributed by atoms with Crippen LogP contribution in [-0.2, 0) is 33.2 Å². The third-order valence-corrected chi connectivity index (χ3v) is 17.0. The maximum atomic E-state index is 13.3. The van der Waals surface area contributed by atoms with Gasteiger partial charge in [0.1, 0.15) is 68.7 Å². The van der Waals surface area contributed by atoms with Crippen LogP contribution >= 0.6 is 0 Å². The van der Waals surface area contributed by atoms with Gasteiger partial charge in [-0.25, -0.2) is 23.7 Å². The highest BCUT2D eigenvalue weighted by Gasteiger charge is 2.25. The van der Waals surface area contributed by atoms with Crippen molar-refractivity contribution in [2.75, 3.05) is 90.1 Å². The zero-order chi connectivity index (χ0) is 65.7. The first kappa shape index (κ1) is 68.0. The minimum absolute atomic E-state index is 0.0642. The van der Waals surface area contributed by atoms with Crippen LogP contribution in [0.3, 0.4) is 0 Å². The van der Waals surface area contributed by atoms with Crippen LogP contribution in [0.2, 0.25) is 0 Å². The summed E-state index contributed by atoms with van der Waals surface area (Å²) in [6.45, 7) is 1.74. The molecule has 0 radical (unpaired) electrons. The average Bonchev–Trinajstić information content (AvgIpc) is 0.911. The highest BCUT2D eigenvalue weighted by Crippen LogP contribution is 2.30. The van der Waals surface area contributed by atoms with E-state index in [4.69, 9.17) is 47.3 Å². The molecule has 5 unspecified atom stereocenters. The number of nitrogens with one attached hydrogen (secondary N) is 3. The van der Waals surface area contributed by atoms with Crippen LogP contribution < -0.4 is 30.2 Å². The Hall–Kier alpha value is -8.86. The summed E-state index contributed by atoms with van der Waals surface area (Å²) in [5.74, 6) is 1.88. The Bertz CT molecular complexity index is 4130. The number of pyridine rings is 3. The number of aliphatic hydroxyl groups is 1. The Morgan fingerprint density at radius 1 is 0.479 bits per heavy atom. The van der Waals surface area contributed by atoms with Gasteiger partial charge in [0.15, 0.2) is 12.6 Å². The monoisotopic (exact) mass is 1300 g/mol. The first-order chi connectivity index (χ1) is 45.8. The quantitative estimate of drug-likeness (QED) is 0.0393. The summed E-state index contributed by atoms with van der Waals surface area (Å²) in [4.78, 5) is 14.3. The largest absolute Gasteiger partial charge is 0.491 e. The van der Waals surface area contributed by atoms with E-state index in [2.05, 4.69) is 20.9 Å². The lowest BCUT2D eigenvalue weighted by molar-refractivity contribution is -0.198. The van der Waals surface area contributed by atoms with Gasteiger partial charge < -0.3 is 54.2 Å². The zero-order valence-corrected chi connectivity index (χ0v) is 54.0. The number of aromatic nitrogens is 3. The van der Waals surface area contributed by atoms with Gasteiger partial charge in [0.25, 0.3) is 10.1 Å². The number of nitrogens with zero attached hydrogens (tertiary/aromatic N) is 3. The molecule has 2 saturated heterocycles. The minimum Gasteiger partial charge on any atom is -0.491 e.